The first-order valence-corrected chi connectivity index (χ1v) is 6.68. The summed E-state index contributed by atoms with van der Waals surface area (Å²) in [6, 6.07) is 1.13. The van der Waals surface area contributed by atoms with Gasteiger partial charge in [0.25, 0.3) is 0 Å². The van der Waals surface area contributed by atoms with Crippen molar-refractivity contribution in [2.24, 2.45) is 11.3 Å². The Hall–Kier alpha value is -0.0800. The van der Waals surface area contributed by atoms with Crippen molar-refractivity contribution in [1.82, 2.24) is 5.32 Å². The Morgan fingerprint density at radius 3 is 2.31 bits per heavy atom. The number of rotatable bonds is 4. The van der Waals surface area contributed by atoms with E-state index in [2.05, 4.69) is 46.9 Å². The maximum atomic E-state index is 5.62. The monoisotopic (exact) mass is 227 g/mol. The highest BCUT2D eigenvalue weighted by molar-refractivity contribution is 4.88. The van der Waals surface area contributed by atoms with E-state index in [-0.39, 0.29) is 0 Å². The van der Waals surface area contributed by atoms with Crippen LogP contribution in [-0.2, 0) is 4.74 Å². The lowest BCUT2D eigenvalue weighted by atomic mass is 9.81. The van der Waals surface area contributed by atoms with Crippen LogP contribution in [0.1, 0.15) is 54.4 Å². The third-order valence-corrected chi connectivity index (χ3v) is 3.54. The highest BCUT2D eigenvalue weighted by Crippen LogP contribution is 2.27. The molecule has 1 saturated heterocycles. The van der Waals surface area contributed by atoms with Gasteiger partial charge in [0.05, 0.1) is 6.10 Å². The zero-order chi connectivity index (χ0) is 12.3. The second-order valence-corrected chi connectivity index (χ2v) is 6.69. The molecule has 0 spiro atoms. The van der Waals surface area contributed by atoms with Crippen molar-refractivity contribution in [2.75, 3.05) is 6.61 Å². The Morgan fingerprint density at radius 1 is 1.31 bits per heavy atom. The third kappa shape index (κ3) is 4.06. The molecule has 0 aliphatic carbocycles. The van der Waals surface area contributed by atoms with E-state index in [1.165, 1.54) is 6.42 Å². The smallest absolute Gasteiger partial charge is 0.0700 e. The molecule has 0 aromatic rings. The minimum absolute atomic E-state index is 0.326. The van der Waals surface area contributed by atoms with Crippen LogP contribution in [0.2, 0.25) is 0 Å². The van der Waals surface area contributed by atoms with E-state index in [4.69, 9.17) is 4.74 Å². The predicted octanol–water partition coefficient (Wildman–Crippen LogP) is 3.21. The van der Waals surface area contributed by atoms with E-state index in [0.29, 0.717) is 23.6 Å². The van der Waals surface area contributed by atoms with Gasteiger partial charge in [-0.2, -0.15) is 0 Å². The number of nitrogens with one attached hydrogen (secondary N) is 1. The van der Waals surface area contributed by atoms with Gasteiger partial charge in [-0.15, -0.1) is 0 Å². The Kier molecular flexibility index (Phi) is 4.81. The SMILES string of the molecule is CC(C)CC(NC1CCOC1C)C(C)(C)C. The molecule has 1 aliphatic rings. The normalized spacial score (nSPS) is 28.7. The predicted molar refractivity (Wildman–Crippen MR) is 69.7 cm³/mol. The summed E-state index contributed by atoms with van der Waals surface area (Å²) in [5.41, 5.74) is 0.326. The van der Waals surface area contributed by atoms with Crippen LogP contribution in [0.4, 0.5) is 0 Å². The van der Waals surface area contributed by atoms with Gasteiger partial charge in [0.1, 0.15) is 0 Å². The molecule has 0 aromatic carbocycles. The summed E-state index contributed by atoms with van der Waals surface area (Å²) in [7, 11) is 0. The summed E-state index contributed by atoms with van der Waals surface area (Å²) in [4.78, 5) is 0. The lowest BCUT2D eigenvalue weighted by molar-refractivity contribution is 0.103. The van der Waals surface area contributed by atoms with Crippen molar-refractivity contribution in [3.63, 3.8) is 0 Å². The van der Waals surface area contributed by atoms with E-state index in [0.717, 1.165) is 18.9 Å². The van der Waals surface area contributed by atoms with Gasteiger partial charge in [0.15, 0.2) is 0 Å². The van der Waals surface area contributed by atoms with Gasteiger partial charge in [0.2, 0.25) is 0 Å². The molecule has 16 heavy (non-hydrogen) atoms. The van der Waals surface area contributed by atoms with Crippen molar-refractivity contribution in [3.8, 4) is 0 Å². The Balaban J connectivity index is 2.56. The van der Waals surface area contributed by atoms with Crippen LogP contribution in [-0.4, -0.2) is 24.8 Å². The molecule has 1 N–H and O–H groups in total. The molecule has 1 fully saturated rings. The standard InChI is InChI=1S/C14H29NO/c1-10(2)9-13(14(4,5)6)15-12-7-8-16-11(12)3/h10-13,15H,7-9H2,1-6H3. The summed E-state index contributed by atoms with van der Waals surface area (Å²) in [6.07, 6.45) is 2.77. The molecule has 0 amide bonds. The lowest BCUT2D eigenvalue weighted by Crippen LogP contribution is -2.48. The first-order chi connectivity index (χ1) is 7.30. The van der Waals surface area contributed by atoms with Gasteiger partial charge < -0.3 is 10.1 Å². The second kappa shape index (κ2) is 5.50. The zero-order valence-corrected chi connectivity index (χ0v) is 11.8. The molecular weight excluding hydrogens is 198 g/mol. The average Bonchev–Trinajstić information content (AvgIpc) is 2.48. The number of ether oxygens (including phenoxy) is 1. The van der Waals surface area contributed by atoms with Gasteiger partial charge in [-0.25, -0.2) is 0 Å². The largest absolute Gasteiger partial charge is 0.377 e. The average molecular weight is 227 g/mol. The van der Waals surface area contributed by atoms with Crippen molar-refractivity contribution in [2.45, 2.75) is 72.6 Å². The quantitative estimate of drug-likeness (QED) is 0.796. The van der Waals surface area contributed by atoms with Crippen LogP contribution in [0, 0.1) is 11.3 Å². The van der Waals surface area contributed by atoms with Crippen molar-refractivity contribution < 1.29 is 4.74 Å². The van der Waals surface area contributed by atoms with Gasteiger partial charge in [-0.05, 0) is 31.1 Å². The van der Waals surface area contributed by atoms with E-state index >= 15 is 0 Å². The summed E-state index contributed by atoms with van der Waals surface area (Å²) in [6.45, 7) is 14.7. The van der Waals surface area contributed by atoms with E-state index in [9.17, 15) is 0 Å². The van der Waals surface area contributed by atoms with Gasteiger partial charge in [-0.3, -0.25) is 0 Å². The van der Waals surface area contributed by atoms with Gasteiger partial charge in [0, 0.05) is 18.7 Å². The van der Waals surface area contributed by atoms with Crippen LogP contribution in [0.25, 0.3) is 0 Å². The van der Waals surface area contributed by atoms with Crippen molar-refractivity contribution >= 4 is 0 Å². The molecule has 3 atom stereocenters. The van der Waals surface area contributed by atoms with Crippen LogP contribution >= 0.6 is 0 Å². The fourth-order valence-corrected chi connectivity index (χ4v) is 2.35. The maximum absolute atomic E-state index is 5.62. The molecule has 0 aromatic heterocycles. The summed E-state index contributed by atoms with van der Waals surface area (Å²) in [5.74, 6) is 0.745. The second-order valence-electron chi connectivity index (χ2n) is 6.69. The van der Waals surface area contributed by atoms with E-state index < -0.39 is 0 Å². The molecular formula is C14H29NO. The first-order valence-electron chi connectivity index (χ1n) is 6.68. The third-order valence-electron chi connectivity index (χ3n) is 3.54. The Labute approximate surface area is 101 Å². The topological polar surface area (TPSA) is 21.3 Å². The van der Waals surface area contributed by atoms with Crippen LogP contribution < -0.4 is 5.32 Å². The van der Waals surface area contributed by atoms with E-state index in [1.54, 1.807) is 0 Å². The number of hydrogen-bond donors (Lipinski definition) is 1. The molecule has 0 bridgehead atoms. The molecule has 1 aliphatic heterocycles. The van der Waals surface area contributed by atoms with Crippen LogP contribution in [0.3, 0.4) is 0 Å². The molecule has 0 radical (unpaired) electrons. The molecule has 0 saturated carbocycles. The summed E-state index contributed by atoms with van der Waals surface area (Å²) >= 11 is 0. The minimum atomic E-state index is 0.326. The van der Waals surface area contributed by atoms with Gasteiger partial charge >= 0.3 is 0 Å². The number of hydrogen-bond acceptors (Lipinski definition) is 2. The van der Waals surface area contributed by atoms with Crippen molar-refractivity contribution in [1.29, 1.82) is 0 Å². The minimum Gasteiger partial charge on any atom is -0.377 e. The molecule has 96 valence electrons. The molecule has 1 heterocycles. The maximum Gasteiger partial charge on any atom is 0.0700 e. The molecule has 3 unspecified atom stereocenters. The molecule has 2 nitrogen and oxygen atoms in total. The summed E-state index contributed by atoms with van der Waals surface area (Å²) in [5, 5.41) is 3.81. The Morgan fingerprint density at radius 2 is 1.94 bits per heavy atom. The highest BCUT2D eigenvalue weighted by Gasteiger charge is 2.31. The Bertz CT molecular complexity index is 207. The fourth-order valence-electron chi connectivity index (χ4n) is 2.35. The molecule has 1 rings (SSSR count). The highest BCUT2D eigenvalue weighted by atomic mass is 16.5. The van der Waals surface area contributed by atoms with Gasteiger partial charge in [-0.1, -0.05) is 34.6 Å². The van der Waals surface area contributed by atoms with Crippen LogP contribution in [0.5, 0.6) is 0 Å². The van der Waals surface area contributed by atoms with E-state index in [1.807, 2.05) is 0 Å². The lowest BCUT2D eigenvalue weighted by Gasteiger charge is -2.36. The molecule has 2 heteroatoms. The van der Waals surface area contributed by atoms with Crippen LogP contribution in [0.15, 0.2) is 0 Å². The summed E-state index contributed by atoms with van der Waals surface area (Å²) < 4.78 is 5.62. The fraction of sp³-hybridized carbons (Fsp3) is 1.00. The van der Waals surface area contributed by atoms with Crippen molar-refractivity contribution in [3.05, 3.63) is 0 Å². The first kappa shape index (κ1) is 14.0. The zero-order valence-electron chi connectivity index (χ0n) is 11.8.